The number of aromatic amines is 2. The normalized spacial score (nSPS) is 10.3. The van der Waals surface area contributed by atoms with E-state index in [1.807, 2.05) is 6.07 Å². The lowest BCUT2D eigenvalue weighted by atomic mass is 10.1. The van der Waals surface area contributed by atoms with E-state index in [1.54, 1.807) is 32.4 Å². The first-order chi connectivity index (χ1) is 11.2. The summed E-state index contributed by atoms with van der Waals surface area (Å²) in [6.07, 6.45) is 1.30. The van der Waals surface area contributed by atoms with Crippen LogP contribution in [0.2, 0.25) is 0 Å². The number of hydrogen-bond acceptors (Lipinski definition) is 6. The third-order valence-corrected chi connectivity index (χ3v) is 3.15. The van der Waals surface area contributed by atoms with Gasteiger partial charge in [-0.1, -0.05) is 0 Å². The third kappa shape index (κ3) is 2.98. The molecule has 3 rings (SSSR count). The predicted octanol–water partition coefficient (Wildman–Crippen LogP) is 1.46. The Bertz CT molecular complexity index is 812. The highest BCUT2D eigenvalue weighted by atomic mass is 16.5. The van der Waals surface area contributed by atoms with E-state index in [-0.39, 0.29) is 11.9 Å². The predicted molar refractivity (Wildman–Crippen MR) is 81.5 cm³/mol. The van der Waals surface area contributed by atoms with Crippen molar-refractivity contribution in [3.05, 3.63) is 36.3 Å². The van der Waals surface area contributed by atoms with Crippen LogP contribution >= 0.6 is 0 Å². The lowest BCUT2D eigenvalue weighted by molar-refractivity contribution is 0.102. The number of benzene rings is 1. The van der Waals surface area contributed by atoms with E-state index >= 15 is 0 Å². The standard InChI is InChI=1S/C14H14N6O3/c1-22-11-4-3-8(5-12(11)23-2)9-6-10(19-18-9)13(21)17-14-15-7-16-20-14/h3-7H,1-2H3,(H,18,19)(H2,15,16,17,20,21). The molecule has 2 aromatic heterocycles. The van der Waals surface area contributed by atoms with Crippen LogP contribution in [0.25, 0.3) is 11.3 Å². The molecule has 9 heteroatoms. The molecule has 2 heterocycles. The first-order valence-corrected chi connectivity index (χ1v) is 6.66. The van der Waals surface area contributed by atoms with Gasteiger partial charge in [0.1, 0.15) is 12.0 Å². The highest BCUT2D eigenvalue weighted by Crippen LogP contribution is 2.31. The van der Waals surface area contributed by atoms with Gasteiger partial charge in [0.25, 0.3) is 5.91 Å². The molecule has 0 spiro atoms. The monoisotopic (exact) mass is 314 g/mol. The molecular weight excluding hydrogens is 300 g/mol. The number of ether oxygens (including phenoxy) is 2. The van der Waals surface area contributed by atoms with Crippen molar-refractivity contribution in [3.8, 4) is 22.8 Å². The Labute approximate surface area is 131 Å². The van der Waals surface area contributed by atoms with Crippen molar-refractivity contribution < 1.29 is 14.3 Å². The van der Waals surface area contributed by atoms with Gasteiger partial charge in [0.05, 0.1) is 19.9 Å². The van der Waals surface area contributed by atoms with Crippen molar-refractivity contribution in [2.45, 2.75) is 0 Å². The molecular formula is C14H14N6O3. The number of carbonyl (C=O) groups is 1. The number of hydrogen-bond donors (Lipinski definition) is 3. The summed E-state index contributed by atoms with van der Waals surface area (Å²) in [6, 6.07) is 7.02. The largest absolute Gasteiger partial charge is 0.493 e. The molecule has 0 aliphatic heterocycles. The summed E-state index contributed by atoms with van der Waals surface area (Å²) >= 11 is 0. The van der Waals surface area contributed by atoms with Gasteiger partial charge in [0, 0.05) is 5.56 Å². The summed E-state index contributed by atoms with van der Waals surface area (Å²) in [7, 11) is 3.13. The highest BCUT2D eigenvalue weighted by molar-refractivity contribution is 6.02. The summed E-state index contributed by atoms with van der Waals surface area (Å²) in [5, 5.41) is 15.6. The molecule has 0 bridgehead atoms. The van der Waals surface area contributed by atoms with E-state index in [0.29, 0.717) is 22.9 Å². The van der Waals surface area contributed by atoms with Crippen molar-refractivity contribution in [2.75, 3.05) is 19.5 Å². The number of nitrogens with one attached hydrogen (secondary N) is 3. The molecule has 0 unspecified atom stereocenters. The lowest BCUT2D eigenvalue weighted by Crippen LogP contribution is -2.13. The molecule has 0 fully saturated rings. The highest BCUT2D eigenvalue weighted by Gasteiger charge is 2.14. The number of H-pyrrole nitrogens is 2. The molecule has 118 valence electrons. The molecule has 0 atom stereocenters. The number of methoxy groups -OCH3 is 2. The van der Waals surface area contributed by atoms with Crippen LogP contribution < -0.4 is 14.8 Å². The summed E-state index contributed by atoms with van der Waals surface area (Å²) in [6.45, 7) is 0. The molecule has 23 heavy (non-hydrogen) atoms. The fourth-order valence-corrected chi connectivity index (χ4v) is 2.02. The van der Waals surface area contributed by atoms with E-state index in [1.165, 1.54) is 6.33 Å². The SMILES string of the molecule is COc1ccc(-c2cc(C(=O)Nc3ncn[nH]3)[nH]n2)cc1OC. The minimum absolute atomic E-state index is 0.261. The van der Waals surface area contributed by atoms with Gasteiger partial charge in [-0.25, -0.2) is 5.10 Å². The van der Waals surface area contributed by atoms with Gasteiger partial charge in [-0.3, -0.25) is 15.2 Å². The minimum atomic E-state index is -0.374. The van der Waals surface area contributed by atoms with Gasteiger partial charge in [-0.15, -0.1) is 0 Å². The molecule has 3 N–H and O–H groups in total. The zero-order chi connectivity index (χ0) is 16.2. The fraction of sp³-hybridized carbons (Fsp3) is 0.143. The van der Waals surface area contributed by atoms with Gasteiger partial charge in [-0.05, 0) is 24.3 Å². The lowest BCUT2D eigenvalue weighted by Gasteiger charge is -2.08. The van der Waals surface area contributed by atoms with Crippen LogP contribution in [0.15, 0.2) is 30.6 Å². The average Bonchev–Trinajstić information content (AvgIpc) is 3.25. The van der Waals surface area contributed by atoms with Crippen LogP contribution in [0.3, 0.4) is 0 Å². The Hall–Kier alpha value is -3.36. The molecule has 3 aromatic rings. The Morgan fingerprint density at radius 3 is 2.65 bits per heavy atom. The first-order valence-electron chi connectivity index (χ1n) is 6.66. The van der Waals surface area contributed by atoms with Crippen LogP contribution in [-0.4, -0.2) is 45.5 Å². The smallest absolute Gasteiger partial charge is 0.276 e. The fourth-order valence-electron chi connectivity index (χ4n) is 2.02. The van der Waals surface area contributed by atoms with Crippen LogP contribution in [0.5, 0.6) is 11.5 Å². The van der Waals surface area contributed by atoms with Crippen LogP contribution in [-0.2, 0) is 0 Å². The van der Waals surface area contributed by atoms with E-state index < -0.39 is 0 Å². The second-order valence-corrected chi connectivity index (χ2v) is 4.52. The number of aromatic nitrogens is 5. The van der Waals surface area contributed by atoms with E-state index in [4.69, 9.17) is 9.47 Å². The quantitative estimate of drug-likeness (QED) is 0.656. The number of rotatable bonds is 5. The van der Waals surface area contributed by atoms with E-state index in [0.717, 1.165) is 5.56 Å². The molecule has 0 saturated carbocycles. The Balaban J connectivity index is 1.82. The average molecular weight is 314 g/mol. The maximum atomic E-state index is 12.1. The zero-order valence-electron chi connectivity index (χ0n) is 12.5. The van der Waals surface area contributed by atoms with Crippen LogP contribution in [0, 0.1) is 0 Å². The number of carbonyl (C=O) groups excluding carboxylic acids is 1. The van der Waals surface area contributed by atoms with E-state index in [2.05, 4.69) is 30.7 Å². The first kappa shape index (κ1) is 14.6. The summed E-state index contributed by atoms with van der Waals surface area (Å²) < 4.78 is 10.5. The van der Waals surface area contributed by atoms with Gasteiger partial charge in [0.2, 0.25) is 5.95 Å². The molecule has 9 nitrogen and oxygen atoms in total. The number of anilines is 1. The van der Waals surface area contributed by atoms with Crippen LogP contribution in [0.1, 0.15) is 10.5 Å². The summed E-state index contributed by atoms with van der Waals surface area (Å²) in [5.41, 5.74) is 1.69. The molecule has 0 saturated heterocycles. The third-order valence-electron chi connectivity index (χ3n) is 3.15. The maximum absolute atomic E-state index is 12.1. The number of nitrogens with zero attached hydrogens (tertiary/aromatic N) is 3. The van der Waals surface area contributed by atoms with Gasteiger partial charge < -0.3 is 9.47 Å². The minimum Gasteiger partial charge on any atom is -0.493 e. The molecule has 0 aliphatic carbocycles. The maximum Gasteiger partial charge on any atom is 0.276 e. The zero-order valence-corrected chi connectivity index (χ0v) is 12.5. The van der Waals surface area contributed by atoms with Crippen molar-refractivity contribution in [1.29, 1.82) is 0 Å². The van der Waals surface area contributed by atoms with Gasteiger partial charge in [0.15, 0.2) is 11.5 Å². The molecule has 1 aromatic carbocycles. The van der Waals surface area contributed by atoms with Crippen molar-refractivity contribution >= 4 is 11.9 Å². The second kappa shape index (κ2) is 6.18. The summed E-state index contributed by atoms with van der Waals surface area (Å²) in [5.74, 6) is 1.09. The molecule has 1 amide bonds. The Kier molecular flexibility index (Phi) is 3.91. The topological polar surface area (TPSA) is 118 Å². The van der Waals surface area contributed by atoms with Crippen molar-refractivity contribution in [1.82, 2.24) is 25.4 Å². The molecule has 0 aliphatic rings. The summed E-state index contributed by atoms with van der Waals surface area (Å²) in [4.78, 5) is 15.9. The van der Waals surface area contributed by atoms with Gasteiger partial charge in [-0.2, -0.15) is 15.2 Å². The van der Waals surface area contributed by atoms with Crippen molar-refractivity contribution in [3.63, 3.8) is 0 Å². The molecule has 0 radical (unpaired) electrons. The number of amides is 1. The second-order valence-electron chi connectivity index (χ2n) is 4.52. The Morgan fingerprint density at radius 2 is 1.96 bits per heavy atom. The van der Waals surface area contributed by atoms with E-state index in [9.17, 15) is 4.79 Å². The van der Waals surface area contributed by atoms with Gasteiger partial charge >= 0.3 is 0 Å². The van der Waals surface area contributed by atoms with Crippen LogP contribution in [0.4, 0.5) is 5.95 Å². The van der Waals surface area contributed by atoms with Crippen molar-refractivity contribution in [2.24, 2.45) is 0 Å². The Morgan fingerprint density at radius 1 is 1.13 bits per heavy atom.